The highest BCUT2D eigenvalue weighted by molar-refractivity contribution is 5.78. The van der Waals surface area contributed by atoms with Crippen molar-refractivity contribution in [3.05, 3.63) is 38.2 Å². The average Bonchev–Trinajstić information content (AvgIpc) is 2.24. The van der Waals surface area contributed by atoms with Crippen molar-refractivity contribution in [3.63, 3.8) is 0 Å². The predicted molar refractivity (Wildman–Crippen MR) is 61.7 cm³/mol. The van der Waals surface area contributed by atoms with E-state index in [1.807, 2.05) is 19.9 Å². The number of nitrogens with one attached hydrogen (secondary N) is 1. The lowest BCUT2D eigenvalue weighted by Crippen LogP contribution is -2.29. The highest BCUT2D eigenvalue weighted by Crippen LogP contribution is 2.13. The molecule has 2 heterocycles. The van der Waals surface area contributed by atoms with E-state index in [0.717, 1.165) is 17.7 Å². The number of hydrogen-bond acceptors (Lipinski definition) is 3. The Morgan fingerprint density at radius 1 is 1.44 bits per heavy atom. The summed E-state index contributed by atoms with van der Waals surface area (Å²) in [6.07, 6.45) is 0.737. The van der Waals surface area contributed by atoms with Gasteiger partial charge in [-0.1, -0.05) is 6.92 Å². The summed E-state index contributed by atoms with van der Waals surface area (Å²) in [5.74, 6) is 0. The van der Waals surface area contributed by atoms with E-state index in [9.17, 15) is 9.59 Å². The molecule has 0 bridgehead atoms. The van der Waals surface area contributed by atoms with Crippen molar-refractivity contribution >= 4 is 11.0 Å². The summed E-state index contributed by atoms with van der Waals surface area (Å²) in [5.41, 5.74) is 1.38. The van der Waals surface area contributed by atoms with Crippen molar-refractivity contribution in [1.82, 2.24) is 14.5 Å². The van der Waals surface area contributed by atoms with Crippen LogP contribution in [0.3, 0.4) is 0 Å². The van der Waals surface area contributed by atoms with Gasteiger partial charge in [0.15, 0.2) is 0 Å². The molecule has 1 N–H and O–H groups in total. The number of fused-ring (bicyclic) bond motifs is 1. The fourth-order valence-electron chi connectivity index (χ4n) is 1.83. The van der Waals surface area contributed by atoms with Crippen LogP contribution in [0, 0.1) is 6.92 Å². The number of aromatic amines is 1. The maximum Gasteiger partial charge on any atom is 0.329 e. The topological polar surface area (TPSA) is 67.8 Å². The molecule has 0 aliphatic heterocycles. The zero-order chi connectivity index (χ0) is 11.9. The van der Waals surface area contributed by atoms with Gasteiger partial charge in [0, 0.05) is 12.7 Å². The van der Waals surface area contributed by atoms with Crippen LogP contribution >= 0.6 is 0 Å². The zero-order valence-corrected chi connectivity index (χ0v) is 9.50. The summed E-state index contributed by atoms with van der Waals surface area (Å²) >= 11 is 0. The maximum atomic E-state index is 11.7. The first-order valence-electron chi connectivity index (χ1n) is 5.14. The number of aromatic nitrogens is 3. The van der Waals surface area contributed by atoms with Crippen LogP contribution in [0.5, 0.6) is 0 Å². The molecule has 0 aliphatic rings. The second kappa shape index (κ2) is 3.59. The third-order valence-electron chi connectivity index (χ3n) is 2.66. The Labute approximate surface area is 91.8 Å². The van der Waals surface area contributed by atoms with Gasteiger partial charge in [-0.25, -0.2) is 9.78 Å². The van der Waals surface area contributed by atoms with Crippen LogP contribution < -0.4 is 11.2 Å². The number of pyridine rings is 1. The van der Waals surface area contributed by atoms with Crippen molar-refractivity contribution < 1.29 is 0 Å². The van der Waals surface area contributed by atoms with Gasteiger partial charge < -0.3 is 0 Å². The Balaban J connectivity index is 3.11. The van der Waals surface area contributed by atoms with Crippen LogP contribution in [0.1, 0.15) is 18.2 Å². The molecule has 2 rings (SSSR count). The third-order valence-corrected chi connectivity index (χ3v) is 2.66. The standard InChI is InChI=1S/C11H13N3O2/c1-4-7-5-6(2)12-9-8(7)10(15)13-11(16)14(9)3/h5H,4H2,1-3H3,(H,13,15,16). The summed E-state index contributed by atoms with van der Waals surface area (Å²) in [5, 5.41) is 0.509. The van der Waals surface area contributed by atoms with Gasteiger partial charge in [0.1, 0.15) is 5.65 Å². The fraction of sp³-hybridized carbons (Fsp3) is 0.364. The molecular formula is C11H13N3O2. The molecule has 0 unspecified atom stereocenters. The minimum atomic E-state index is -0.433. The second-order valence-electron chi connectivity index (χ2n) is 3.79. The number of nitrogens with zero attached hydrogens (tertiary/aromatic N) is 2. The van der Waals surface area contributed by atoms with Gasteiger partial charge >= 0.3 is 5.69 Å². The first-order valence-corrected chi connectivity index (χ1v) is 5.14. The van der Waals surface area contributed by atoms with Crippen LogP contribution in [0.4, 0.5) is 0 Å². The number of hydrogen-bond donors (Lipinski definition) is 1. The first-order chi connectivity index (χ1) is 7.54. The van der Waals surface area contributed by atoms with E-state index in [1.54, 1.807) is 7.05 Å². The molecule has 2 aromatic rings. The highest BCUT2D eigenvalue weighted by Gasteiger charge is 2.10. The second-order valence-corrected chi connectivity index (χ2v) is 3.79. The molecular weight excluding hydrogens is 206 g/mol. The number of H-pyrrole nitrogens is 1. The van der Waals surface area contributed by atoms with E-state index in [-0.39, 0.29) is 5.56 Å². The minimum Gasteiger partial charge on any atom is -0.281 e. The molecule has 2 aromatic heterocycles. The normalized spacial score (nSPS) is 10.9. The molecule has 0 amide bonds. The van der Waals surface area contributed by atoms with Gasteiger partial charge in [-0.3, -0.25) is 14.3 Å². The SMILES string of the molecule is CCc1cc(C)nc2c1c(=O)[nH]c(=O)n2C. The van der Waals surface area contributed by atoms with Gasteiger partial charge in [-0.05, 0) is 25.0 Å². The van der Waals surface area contributed by atoms with Crippen molar-refractivity contribution in [2.45, 2.75) is 20.3 Å². The molecule has 0 spiro atoms. The van der Waals surface area contributed by atoms with E-state index in [1.165, 1.54) is 4.57 Å². The van der Waals surface area contributed by atoms with Gasteiger partial charge in [0.05, 0.1) is 5.39 Å². The lowest BCUT2D eigenvalue weighted by Gasteiger charge is -2.07. The summed E-state index contributed by atoms with van der Waals surface area (Å²) in [7, 11) is 1.60. The monoisotopic (exact) mass is 219 g/mol. The Hall–Kier alpha value is -1.91. The maximum absolute atomic E-state index is 11.7. The van der Waals surface area contributed by atoms with E-state index in [2.05, 4.69) is 9.97 Å². The van der Waals surface area contributed by atoms with Gasteiger partial charge in [0.25, 0.3) is 5.56 Å². The Kier molecular flexibility index (Phi) is 2.38. The van der Waals surface area contributed by atoms with Crippen molar-refractivity contribution in [3.8, 4) is 0 Å². The lowest BCUT2D eigenvalue weighted by molar-refractivity contribution is 0.823. The van der Waals surface area contributed by atoms with Crippen molar-refractivity contribution in [1.29, 1.82) is 0 Å². The van der Waals surface area contributed by atoms with Crippen LogP contribution in [0.2, 0.25) is 0 Å². The molecule has 84 valence electrons. The zero-order valence-electron chi connectivity index (χ0n) is 9.50. The highest BCUT2D eigenvalue weighted by atomic mass is 16.2. The van der Waals surface area contributed by atoms with E-state index in [4.69, 9.17) is 0 Å². The Bertz CT molecular complexity index is 667. The summed E-state index contributed by atoms with van der Waals surface area (Å²) < 4.78 is 1.36. The van der Waals surface area contributed by atoms with Gasteiger partial charge in [0.2, 0.25) is 0 Å². The average molecular weight is 219 g/mol. The molecule has 0 aliphatic carbocycles. The number of aryl methyl sites for hydroxylation is 3. The molecule has 5 heteroatoms. The predicted octanol–water partition coefficient (Wildman–Crippen LogP) is 0.493. The quantitative estimate of drug-likeness (QED) is 0.759. The summed E-state index contributed by atoms with van der Waals surface area (Å²) in [4.78, 5) is 29.7. The van der Waals surface area contributed by atoms with E-state index >= 15 is 0 Å². The van der Waals surface area contributed by atoms with Crippen LogP contribution in [0.25, 0.3) is 11.0 Å². The van der Waals surface area contributed by atoms with Crippen LogP contribution in [-0.2, 0) is 13.5 Å². The third kappa shape index (κ3) is 1.44. The Morgan fingerprint density at radius 3 is 2.75 bits per heavy atom. The van der Waals surface area contributed by atoms with Crippen molar-refractivity contribution in [2.75, 3.05) is 0 Å². The van der Waals surface area contributed by atoms with Gasteiger partial charge in [-0.2, -0.15) is 0 Å². The van der Waals surface area contributed by atoms with E-state index in [0.29, 0.717) is 11.0 Å². The van der Waals surface area contributed by atoms with Gasteiger partial charge in [-0.15, -0.1) is 0 Å². The first kappa shape index (κ1) is 10.6. The van der Waals surface area contributed by atoms with Crippen molar-refractivity contribution in [2.24, 2.45) is 7.05 Å². The molecule has 0 fully saturated rings. The molecule has 5 nitrogen and oxygen atoms in total. The molecule has 0 atom stereocenters. The molecule has 0 aromatic carbocycles. The molecule has 0 saturated carbocycles. The summed E-state index contributed by atoms with van der Waals surface area (Å²) in [6.45, 7) is 3.82. The molecule has 16 heavy (non-hydrogen) atoms. The van der Waals surface area contributed by atoms with Crippen LogP contribution in [-0.4, -0.2) is 14.5 Å². The number of rotatable bonds is 1. The Morgan fingerprint density at radius 2 is 2.12 bits per heavy atom. The summed E-state index contributed by atoms with van der Waals surface area (Å²) in [6, 6.07) is 1.88. The minimum absolute atomic E-state index is 0.359. The molecule has 0 radical (unpaired) electrons. The van der Waals surface area contributed by atoms with E-state index < -0.39 is 5.69 Å². The lowest BCUT2D eigenvalue weighted by atomic mass is 10.1. The largest absolute Gasteiger partial charge is 0.329 e. The fourth-order valence-corrected chi connectivity index (χ4v) is 1.83. The smallest absolute Gasteiger partial charge is 0.281 e. The molecule has 0 saturated heterocycles. The van der Waals surface area contributed by atoms with Crippen LogP contribution in [0.15, 0.2) is 15.7 Å².